The molecule has 2 heterocycles. The van der Waals surface area contributed by atoms with Gasteiger partial charge in [-0.05, 0) is 72.7 Å². The fraction of sp³-hybridized carbons (Fsp3) is 0.471. The molecule has 8 atom stereocenters. The van der Waals surface area contributed by atoms with E-state index in [1.54, 1.807) is 64.1 Å². The van der Waals surface area contributed by atoms with Crippen LogP contribution >= 0.6 is 15.3 Å². The summed E-state index contributed by atoms with van der Waals surface area (Å²) in [4.78, 5) is 52.9. The SMILES string of the molecule is Cc1cn([C@H]2O[C@@H](COP(=O)(N[C@@H](C)C(=O)OC(C)C)Oc3ccccc3)[C@H]([P@](=O)(N[C@@H](C)C(=O)OC(C)C)Oc3ccccc3)[C@H]2F)c(=O)[nH]c1=O. The number of hydrogen-bond donors (Lipinski definition) is 3. The maximum absolute atomic E-state index is 17.0. The molecule has 290 valence electrons. The van der Waals surface area contributed by atoms with Crippen molar-refractivity contribution in [3.63, 3.8) is 0 Å². The van der Waals surface area contributed by atoms with Crippen LogP contribution in [0.2, 0.25) is 0 Å². The molecule has 3 N–H and O–H groups in total. The van der Waals surface area contributed by atoms with Crippen LogP contribution in [0.5, 0.6) is 11.5 Å². The highest BCUT2D eigenvalue weighted by Gasteiger charge is 2.58. The number of aryl methyl sites for hydroxylation is 1. The number of nitrogens with one attached hydrogen (secondary N) is 3. The van der Waals surface area contributed by atoms with Crippen molar-refractivity contribution >= 4 is 27.2 Å². The zero-order valence-electron chi connectivity index (χ0n) is 30.3. The minimum Gasteiger partial charge on any atom is -0.462 e. The van der Waals surface area contributed by atoms with Crippen molar-refractivity contribution in [2.45, 2.75) is 96.9 Å². The summed E-state index contributed by atoms with van der Waals surface area (Å²) in [6.45, 7) is 9.76. The van der Waals surface area contributed by atoms with E-state index in [0.717, 1.165) is 10.8 Å². The number of carbonyl (C=O) groups excluding carboxylic acids is 2. The first-order valence-corrected chi connectivity index (χ1v) is 20.1. The number of carbonyl (C=O) groups is 2. The summed E-state index contributed by atoms with van der Waals surface area (Å²) in [5, 5.41) is 5.14. The van der Waals surface area contributed by atoms with E-state index in [-0.39, 0.29) is 17.1 Å². The van der Waals surface area contributed by atoms with Crippen molar-refractivity contribution in [3.8, 4) is 11.5 Å². The Balaban J connectivity index is 1.79. The quantitative estimate of drug-likeness (QED) is 0.125. The van der Waals surface area contributed by atoms with E-state index in [1.807, 2.05) is 0 Å². The lowest BCUT2D eigenvalue weighted by Crippen LogP contribution is -2.44. The molecular formula is C34H45FN4O12P2. The molecule has 0 saturated carbocycles. The van der Waals surface area contributed by atoms with Gasteiger partial charge in [0.2, 0.25) is 0 Å². The fourth-order valence-corrected chi connectivity index (χ4v) is 9.27. The summed E-state index contributed by atoms with van der Waals surface area (Å²) in [5.74, 6) is -1.50. The summed E-state index contributed by atoms with van der Waals surface area (Å²) >= 11 is 0. The van der Waals surface area contributed by atoms with Gasteiger partial charge >= 0.3 is 32.9 Å². The number of benzene rings is 2. The number of aromatic amines is 1. The molecule has 1 aliphatic rings. The number of alkyl halides is 1. The lowest BCUT2D eigenvalue weighted by molar-refractivity contribution is -0.150. The number of hydrogen-bond acceptors (Lipinski definition) is 12. The van der Waals surface area contributed by atoms with Gasteiger partial charge in [-0.1, -0.05) is 36.4 Å². The van der Waals surface area contributed by atoms with Gasteiger partial charge in [0, 0.05) is 11.8 Å². The minimum absolute atomic E-state index is 0.0253. The Bertz CT molecular complexity index is 1930. The van der Waals surface area contributed by atoms with Crippen LogP contribution in [0.1, 0.15) is 53.3 Å². The van der Waals surface area contributed by atoms with Crippen LogP contribution < -0.4 is 30.5 Å². The van der Waals surface area contributed by atoms with E-state index >= 15 is 8.96 Å². The molecule has 1 fully saturated rings. The third-order valence-corrected chi connectivity index (χ3v) is 11.9. The molecule has 1 aliphatic heterocycles. The average molecular weight is 783 g/mol. The zero-order chi connectivity index (χ0) is 39.1. The lowest BCUT2D eigenvalue weighted by Gasteiger charge is -2.31. The van der Waals surface area contributed by atoms with Gasteiger partial charge < -0.3 is 23.3 Å². The van der Waals surface area contributed by atoms with Crippen molar-refractivity contribution in [1.29, 1.82) is 0 Å². The van der Waals surface area contributed by atoms with Crippen LogP contribution in [0.15, 0.2) is 76.4 Å². The maximum atomic E-state index is 17.0. The first kappa shape index (κ1) is 41.6. The van der Waals surface area contributed by atoms with E-state index in [0.29, 0.717) is 0 Å². The first-order valence-electron chi connectivity index (χ1n) is 16.8. The summed E-state index contributed by atoms with van der Waals surface area (Å²) < 4.78 is 81.3. The average Bonchev–Trinajstić information content (AvgIpc) is 3.41. The molecule has 1 aromatic heterocycles. The van der Waals surface area contributed by atoms with Crippen molar-refractivity contribution in [2.24, 2.45) is 0 Å². The molecule has 0 spiro atoms. The highest BCUT2D eigenvalue weighted by atomic mass is 31.2. The summed E-state index contributed by atoms with van der Waals surface area (Å²) in [5.41, 5.74) is -3.58. The molecule has 1 saturated heterocycles. The van der Waals surface area contributed by atoms with Crippen molar-refractivity contribution in [2.75, 3.05) is 6.61 Å². The molecule has 0 aliphatic carbocycles. The van der Waals surface area contributed by atoms with E-state index in [2.05, 4.69) is 15.2 Å². The second kappa shape index (κ2) is 17.8. The second-order valence-corrected chi connectivity index (χ2v) is 16.8. The normalized spacial score (nSPS) is 22.0. The molecule has 2 aromatic carbocycles. The molecule has 0 radical (unpaired) electrons. The van der Waals surface area contributed by atoms with Crippen molar-refractivity contribution < 1.29 is 50.9 Å². The summed E-state index contributed by atoms with van der Waals surface area (Å²) in [6.07, 6.45) is -5.78. The number of halogens is 1. The van der Waals surface area contributed by atoms with Gasteiger partial charge in [-0.3, -0.25) is 33.0 Å². The van der Waals surface area contributed by atoms with Gasteiger partial charge in [0.1, 0.15) is 35.3 Å². The van der Waals surface area contributed by atoms with Crippen LogP contribution in [-0.4, -0.2) is 70.3 Å². The van der Waals surface area contributed by atoms with Crippen molar-refractivity contribution in [3.05, 3.63) is 93.3 Å². The van der Waals surface area contributed by atoms with Gasteiger partial charge in [0.25, 0.3) is 5.56 Å². The smallest absolute Gasteiger partial charge is 0.459 e. The number of rotatable bonds is 17. The van der Waals surface area contributed by atoms with E-state index in [1.165, 1.54) is 45.0 Å². The molecule has 53 heavy (non-hydrogen) atoms. The zero-order valence-corrected chi connectivity index (χ0v) is 32.1. The highest BCUT2D eigenvalue weighted by Crippen LogP contribution is 2.58. The molecule has 1 unspecified atom stereocenters. The molecule has 4 rings (SSSR count). The summed E-state index contributed by atoms with van der Waals surface area (Å²) in [6, 6.07) is 13.0. The first-order chi connectivity index (χ1) is 24.9. The van der Waals surface area contributed by atoms with Crippen LogP contribution in [0.25, 0.3) is 0 Å². The molecule has 19 heteroatoms. The predicted molar refractivity (Wildman–Crippen MR) is 192 cm³/mol. The third-order valence-electron chi connectivity index (χ3n) is 7.60. The Labute approximate surface area is 305 Å². The Kier molecular flexibility index (Phi) is 14.0. The van der Waals surface area contributed by atoms with Crippen molar-refractivity contribution in [1.82, 2.24) is 19.7 Å². The Morgan fingerprint density at radius 1 is 0.849 bits per heavy atom. The van der Waals surface area contributed by atoms with Gasteiger partial charge in [-0.15, -0.1) is 0 Å². The molecular weight excluding hydrogens is 737 g/mol. The van der Waals surface area contributed by atoms with Crippen LogP contribution in [0, 0.1) is 6.92 Å². The minimum atomic E-state index is -4.70. The number of H-pyrrole nitrogens is 1. The van der Waals surface area contributed by atoms with Crippen LogP contribution in [0.3, 0.4) is 0 Å². The number of ether oxygens (including phenoxy) is 3. The standard InChI is InChI=1S/C34H45FN4O12P2/c1-20(2)47-32(41)23(6)37-52(44,50-25-14-10-8-11-15-25)29-27(49-31(28(29)35)39-18-22(5)30(40)36-34(39)43)19-46-53(45,51-26-16-12-9-13-17-26)38-24(7)33(42)48-21(3)4/h8-18,20-21,23-24,27-29,31H,19H2,1-7H3,(H,37,44)(H,38,45)(H,36,40,43)/t23-,24-,27-,28+,29-,31-,52+,53?/m0/s1. The third kappa shape index (κ3) is 11.0. The molecule has 3 aromatic rings. The second-order valence-electron chi connectivity index (χ2n) is 12.9. The fourth-order valence-electron chi connectivity index (χ4n) is 5.22. The number of nitrogens with zero attached hydrogens (tertiary/aromatic N) is 1. The lowest BCUT2D eigenvalue weighted by atomic mass is 10.2. The van der Waals surface area contributed by atoms with Gasteiger partial charge in [0.15, 0.2) is 12.4 Å². The monoisotopic (exact) mass is 782 g/mol. The molecule has 16 nitrogen and oxygen atoms in total. The van der Waals surface area contributed by atoms with Gasteiger partial charge in [-0.2, -0.15) is 5.09 Å². The van der Waals surface area contributed by atoms with Crippen LogP contribution in [0.4, 0.5) is 4.39 Å². The molecule has 0 bridgehead atoms. The van der Waals surface area contributed by atoms with E-state index in [4.69, 9.17) is 27.8 Å². The van der Waals surface area contributed by atoms with E-state index < -0.39 is 93.5 Å². The van der Waals surface area contributed by atoms with Gasteiger partial charge in [-0.25, -0.2) is 18.8 Å². The van der Waals surface area contributed by atoms with E-state index in [9.17, 15) is 23.7 Å². The Morgan fingerprint density at radius 3 is 1.89 bits per heavy atom. The highest BCUT2D eigenvalue weighted by molar-refractivity contribution is 7.58. The van der Waals surface area contributed by atoms with Crippen LogP contribution in [-0.2, 0) is 37.5 Å². The number of aromatic nitrogens is 2. The predicted octanol–water partition coefficient (Wildman–Crippen LogP) is 4.78. The topological polar surface area (TPSA) is 203 Å². The summed E-state index contributed by atoms with van der Waals surface area (Å²) in [7, 11) is -9.28. The number of para-hydroxylation sites is 2. The Hall–Kier alpha value is -4.11. The Morgan fingerprint density at radius 2 is 1.36 bits per heavy atom. The largest absolute Gasteiger partial charge is 0.462 e. The van der Waals surface area contributed by atoms with Gasteiger partial charge in [0.05, 0.1) is 18.8 Å². The molecule has 0 amide bonds. The maximum Gasteiger partial charge on any atom is 0.459 e. The number of esters is 2.